The van der Waals surface area contributed by atoms with E-state index in [1.807, 2.05) is 42.5 Å². The van der Waals surface area contributed by atoms with Crippen molar-refractivity contribution in [2.75, 3.05) is 0 Å². The minimum Gasteiger partial charge on any atom is -0.380 e. The molecule has 1 saturated heterocycles. The molecule has 2 aliphatic rings. The number of nitrogens with zero attached hydrogens (tertiary/aromatic N) is 3. The number of aryl methyl sites for hydroxylation is 1. The standard InChI is InChI=1S/C20H18ClN3O2/c21-16-7-5-15(6-8-16)18-20(26-18)10-9-14-3-1-2-4-17(14)19(20,25)11-24-13-22-12-23-24/h1-8,12-13,18,25H,9-11H2/t18-,19-,20+/m1/s1. The van der Waals surface area contributed by atoms with Gasteiger partial charge in [-0.2, -0.15) is 5.10 Å². The van der Waals surface area contributed by atoms with Crippen molar-refractivity contribution in [1.29, 1.82) is 0 Å². The fourth-order valence-corrected chi connectivity index (χ4v) is 4.45. The first kappa shape index (κ1) is 16.0. The minimum absolute atomic E-state index is 0.165. The number of ether oxygens (including phenoxy) is 1. The van der Waals surface area contributed by atoms with Gasteiger partial charge in [-0.15, -0.1) is 0 Å². The van der Waals surface area contributed by atoms with Gasteiger partial charge in [-0.25, -0.2) is 9.67 Å². The molecule has 1 aromatic heterocycles. The Kier molecular flexibility index (Phi) is 3.47. The third kappa shape index (κ3) is 2.24. The average Bonchev–Trinajstić information content (AvgIpc) is 3.17. The van der Waals surface area contributed by atoms with Crippen LogP contribution in [0.4, 0.5) is 0 Å². The first-order valence-electron chi connectivity index (χ1n) is 8.69. The maximum absolute atomic E-state index is 11.9. The maximum atomic E-state index is 11.9. The highest BCUT2D eigenvalue weighted by Gasteiger charge is 2.71. The first-order valence-corrected chi connectivity index (χ1v) is 9.07. The molecular weight excluding hydrogens is 350 g/mol. The molecule has 2 aromatic carbocycles. The van der Waals surface area contributed by atoms with Gasteiger partial charge in [0.25, 0.3) is 0 Å². The molecule has 1 fully saturated rings. The molecule has 1 aliphatic carbocycles. The summed E-state index contributed by atoms with van der Waals surface area (Å²) in [5, 5.41) is 16.8. The van der Waals surface area contributed by atoms with Gasteiger partial charge in [0.2, 0.25) is 0 Å². The molecular formula is C20H18ClN3O2. The third-order valence-corrected chi connectivity index (χ3v) is 5.91. The molecule has 132 valence electrons. The largest absolute Gasteiger partial charge is 0.380 e. The molecule has 6 heteroatoms. The molecule has 0 amide bonds. The lowest BCUT2D eigenvalue weighted by Gasteiger charge is -2.40. The quantitative estimate of drug-likeness (QED) is 0.721. The zero-order valence-electron chi connectivity index (χ0n) is 14.0. The number of halogens is 1. The van der Waals surface area contributed by atoms with E-state index in [2.05, 4.69) is 16.1 Å². The van der Waals surface area contributed by atoms with E-state index in [-0.39, 0.29) is 6.10 Å². The van der Waals surface area contributed by atoms with Crippen LogP contribution >= 0.6 is 11.6 Å². The second-order valence-electron chi connectivity index (χ2n) is 7.05. The number of epoxide rings is 1. The van der Waals surface area contributed by atoms with Crippen LogP contribution in [0.15, 0.2) is 61.2 Å². The molecule has 2 heterocycles. The number of aromatic nitrogens is 3. The van der Waals surface area contributed by atoms with E-state index in [0.29, 0.717) is 11.6 Å². The van der Waals surface area contributed by atoms with E-state index in [0.717, 1.165) is 29.5 Å². The molecule has 0 unspecified atom stereocenters. The van der Waals surface area contributed by atoms with E-state index >= 15 is 0 Å². The highest BCUT2D eigenvalue weighted by Crippen LogP contribution is 2.64. The summed E-state index contributed by atoms with van der Waals surface area (Å²) in [6.45, 7) is 0.300. The Labute approximate surface area is 156 Å². The van der Waals surface area contributed by atoms with Crippen LogP contribution in [0, 0.1) is 0 Å². The van der Waals surface area contributed by atoms with Crippen molar-refractivity contribution >= 4 is 11.6 Å². The molecule has 1 N–H and O–H groups in total. The Bertz CT molecular complexity index is 944. The van der Waals surface area contributed by atoms with Gasteiger partial charge in [-0.05, 0) is 41.7 Å². The van der Waals surface area contributed by atoms with Crippen molar-refractivity contribution in [3.05, 3.63) is 82.9 Å². The number of hydrogen-bond donors (Lipinski definition) is 1. The Balaban J connectivity index is 1.60. The molecule has 1 aliphatic heterocycles. The van der Waals surface area contributed by atoms with E-state index in [1.54, 1.807) is 11.0 Å². The van der Waals surface area contributed by atoms with E-state index in [4.69, 9.17) is 16.3 Å². The third-order valence-electron chi connectivity index (χ3n) is 5.65. The second-order valence-corrected chi connectivity index (χ2v) is 7.49. The SMILES string of the molecule is O[C@]1(Cn2cncn2)c2ccccc2CC[C@@]12O[C@@H]2c1ccc(Cl)cc1. The van der Waals surface area contributed by atoms with E-state index in [9.17, 15) is 5.11 Å². The zero-order valence-corrected chi connectivity index (χ0v) is 14.8. The van der Waals surface area contributed by atoms with Crippen LogP contribution in [0.1, 0.15) is 29.2 Å². The summed E-state index contributed by atoms with van der Waals surface area (Å²) in [6.07, 6.45) is 4.57. The topological polar surface area (TPSA) is 63.5 Å². The van der Waals surface area contributed by atoms with Gasteiger partial charge in [0, 0.05) is 5.02 Å². The van der Waals surface area contributed by atoms with Gasteiger partial charge >= 0.3 is 0 Å². The van der Waals surface area contributed by atoms with Gasteiger partial charge in [0.05, 0.1) is 6.54 Å². The highest BCUT2D eigenvalue weighted by atomic mass is 35.5. The lowest BCUT2D eigenvalue weighted by Crippen LogP contribution is -2.50. The van der Waals surface area contributed by atoms with Crippen LogP contribution in [0.3, 0.4) is 0 Å². The number of rotatable bonds is 3. The number of fused-ring (bicyclic) bond motifs is 1. The summed E-state index contributed by atoms with van der Waals surface area (Å²) in [5.74, 6) is 0. The number of benzene rings is 2. The van der Waals surface area contributed by atoms with Crippen LogP contribution in [0.25, 0.3) is 0 Å². The number of aliphatic hydroxyl groups is 1. The summed E-state index contributed by atoms with van der Waals surface area (Å²) in [7, 11) is 0. The monoisotopic (exact) mass is 367 g/mol. The average molecular weight is 368 g/mol. The van der Waals surface area contributed by atoms with Crippen molar-refractivity contribution < 1.29 is 9.84 Å². The molecule has 26 heavy (non-hydrogen) atoms. The molecule has 0 radical (unpaired) electrons. The summed E-state index contributed by atoms with van der Waals surface area (Å²) in [5.41, 5.74) is 1.26. The summed E-state index contributed by atoms with van der Waals surface area (Å²) >= 11 is 6.02. The smallest absolute Gasteiger partial charge is 0.141 e. The van der Waals surface area contributed by atoms with E-state index < -0.39 is 11.2 Å². The molecule has 3 atom stereocenters. The van der Waals surface area contributed by atoms with Gasteiger partial charge in [0.15, 0.2) is 0 Å². The Morgan fingerprint density at radius 1 is 1.19 bits per heavy atom. The molecule has 3 aromatic rings. The van der Waals surface area contributed by atoms with Crippen LogP contribution in [-0.2, 0) is 23.3 Å². The number of hydrogen-bond acceptors (Lipinski definition) is 4. The lowest BCUT2D eigenvalue weighted by atomic mass is 9.68. The summed E-state index contributed by atoms with van der Waals surface area (Å²) in [4.78, 5) is 4.02. The van der Waals surface area contributed by atoms with Gasteiger partial charge in [-0.1, -0.05) is 48.0 Å². The van der Waals surface area contributed by atoms with E-state index in [1.165, 1.54) is 6.33 Å². The Morgan fingerprint density at radius 2 is 2.00 bits per heavy atom. The van der Waals surface area contributed by atoms with Gasteiger partial charge < -0.3 is 9.84 Å². The maximum Gasteiger partial charge on any atom is 0.141 e. The Morgan fingerprint density at radius 3 is 2.77 bits per heavy atom. The van der Waals surface area contributed by atoms with Crippen molar-refractivity contribution in [2.24, 2.45) is 0 Å². The van der Waals surface area contributed by atoms with Crippen molar-refractivity contribution in [3.8, 4) is 0 Å². The van der Waals surface area contributed by atoms with Gasteiger partial charge in [0.1, 0.15) is 30.0 Å². The minimum atomic E-state index is -1.18. The van der Waals surface area contributed by atoms with Gasteiger partial charge in [-0.3, -0.25) is 0 Å². The first-order chi connectivity index (χ1) is 12.6. The fraction of sp³-hybridized carbons (Fsp3) is 0.300. The normalized spacial score (nSPS) is 29.5. The summed E-state index contributed by atoms with van der Waals surface area (Å²) < 4.78 is 7.91. The molecule has 5 nitrogen and oxygen atoms in total. The van der Waals surface area contributed by atoms with Crippen molar-refractivity contribution in [3.63, 3.8) is 0 Å². The van der Waals surface area contributed by atoms with Crippen molar-refractivity contribution in [2.45, 2.75) is 36.7 Å². The van der Waals surface area contributed by atoms with Crippen LogP contribution < -0.4 is 0 Å². The molecule has 1 spiro atoms. The second kappa shape index (κ2) is 5.64. The van der Waals surface area contributed by atoms with Crippen LogP contribution in [0.2, 0.25) is 5.02 Å². The van der Waals surface area contributed by atoms with Crippen LogP contribution in [-0.4, -0.2) is 25.5 Å². The molecule has 0 bridgehead atoms. The van der Waals surface area contributed by atoms with Crippen molar-refractivity contribution in [1.82, 2.24) is 14.8 Å². The fourth-order valence-electron chi connectivity index (χ4n) is 4.32. The Hall–Kier alpha value is -2.21. The highest BCUT2D eigenvalue weighted by molar-refractivity contribution is 6.30. The predicted octanol–water partition coefficient (Wildman–Crippen LogP) is 3.28. The molecule has 5 rings (SSSR count). The van der Waals surface area contributed by atoms with Crippen LogP contribution in [0.5, 0.6) is 0 Å². The summed E-state index contributed by atoms with van der Waals surface area (Å²) in [6, 6.07) is 15.7. The zero-order chi connectivity index (χ0) is 17.8. The lowest BCUT2D eigenvalue weighted by molar-refractivity contribution is -0.0704. The molecule has 0 saturated carbocycles. The predicted molar refractivity (Wildman–Crippen MR) is 96.7 cm³/mol.